The molecule has 5 nitrogen and oxygen atoms in total. The van der Waals surface area contributed by atoms with Gasteiger partial charge in [-0.25, -0.2) is 0 Å². The molecule has 0 heterocycles. The van der Waals surface area contributed by atoms with E-state index in [0.717, 1.165) is 35.5 Å². The molecule has 0 atom stereocenters. The van der Waals surface area contributed by atoms with Gasteiger partial charge in [0.1, 0.15) is 5.75 Å². The van der Waals surface area contributed by atoms with Gasteiger partial charge in [-0.1, -0.05) is 23.7 Å². The third kappa shape index (κ3) is 8.38. The van der Waals surface area contributed by atoms with E-state index in [0.29, 0.717) is 29.8 Å². The largest absolute Gasteiger partial charge is 0.484 e. The van der Waals surface area contributed by atoms with Crippen molar-refractivity contribution < 1.29 is 14.3 Å². The minimum absolute atomic E-state index is 0.0416. The van der Waals surface area contributed by atoms with Crippen molar-refractivity contribution in [3.63, 3.8) is 0 Å². The van der Waals surface area contributed by atoms with Gasteiger partial charge in [-0.05, 0) is 61.2 Å². The molecule has 29 heavy (non-hydrogen) atoms. The van der Waals surface area contributed by atoms with Gasteiger partial charge in [0.05, 0.1) is 0 Å². The number of halogens is 1. The second kappa shape index (κ2) is 11.1. The SMILES string of the molecule is O=C(CCSc1ccc(Cl)cc1)NCCc1ccc(OCC(=O)NC2CC2)cc1. The Morgan fingerprint density at radius 1 is 1.03 bits per heavy atom. The van der Waals surface area contributed by atoms with E-state index < -0.39 is 0 Å². The maximum Gasteiger partial charge on any atom is 0.258 e. The molecule has 0 saturated heterocycles. The van der Waals surface area contributed by atoms with Crippen LogP contribution < -0.4 is 15.4 Å². The second-order valence-corrected chi connectivity index (χ2v) is 8.53. The van der Waals surface area contributed by atoms with Crippen molar-refractivity contribution in [1.29, 1.82) is 0 Å². The lowest BCUT2D eigenvalue weighted by Gasteiger charge is -2.08. The molecule has 0 spiro atoms. The first-order valence-corrected chi connectivity index (χ1v) is 11.1. The Balaban J connectivity index is 1.27. The zero-order valence-electron chi connectivity index (χ0n) is 16.2. The standard InChI is InChI=1S/C22H25ClN2O3S/c23-17-3-9-20(10-4-17)29-14-12-21(26)24-13-11-16-1-7-19(8-2-16)28-15-22(27)25-18-5-6-18/h1-4,7-10,18H,5-6,11-15H2,(H,24,26)(H,25,27). The van der Waals surface area contributed by atoms with Gasteiger partial charge in [-0.3, -0.25) is 9.59 Å². The highest BCUT2D eigenvalue weighted by Gasteiger charge is 2.23. The van der Waals surface area contributed by atoms with E-state index in [2.05, 4.69) is 10.6 Å². The molecule has 3 rings (SSSR count). The Labute approximate surface area is 180 Å². The van der Waals surface area contributed by atoms with Crippen LogP contribution in [0.25, 0.3) is 0 Å². The van der Waals surface area contributed by atoms with E-state index in [-0.39, 0.29) is 18.4 Å². The number of hydrogen-bond acceptors (Lipinski definition) is 4. The molecule has 0 unspecified atom stereocenters. The van der Waals surface area contributed by atoms with Crippen LogP contribution in [0, 0.1) is 0 Å². The fourth-order valence-corrected chi connectivity index (χ4v) is 3.60. The summed E-state index contributed by atoms with van der Waals surface area (Å²) in [6, 6.07) is 15.6. The van der Waals surface area contributed by atoms with Crippen LogP contribution in [-0.4, -0.2) is 36.8 Å². The Bertz CT molecular complexity index is 808. The number of nitrogens with one attached hydrogen (secondary N) is 2. The molecule has 1 aliphatic carbocycles. The average Bonchev–Trinajstić information content (AvgIpc) is 3.53. The molecule has 1 saturated carbocycles. The number of hydrogen-bond donors (Lipinski definition) is 2. The molecular formula is C22H25ClN2O3S. The van der Waals surface area contributed by atoms with Gasteiger partial charge in [0, 0.05) is 34.7 Å². The van der Waals surface area contributed by atoms with Crippen molar-refractivity contribution in [3.05, 3.63) is 59.1 Å². The number of rotatable bonds is 11. The second-order valence-electron chi connectivity index (χ2n) is 6.93. The number of ether oxygens (including phenoxy) is 1. The maximum absolute atomic E-state index is 12.0. The summed E-state index contributed by atoms with van der Waals surface area (Å²) in [5.74, 6) is 1.37. The van der Waals surface area contributed by atoms with Crippen molar-refractivity contribution in [3.8, 4) is 5.75 Å². The van der Waals surface area contributed by atoms with Crippen LogP contribution in [0.4, 0.5) is 0 Å². The van der Waals surface area contributed by atoms with E-state index in [1.54, 1.807) is 11.8 Å². The first-order valence-electron chi connectivity index (χ1n) is 9.74. The molecular weight excluding hydrogens is 408 g/mol. The molecule has 0 aliphatic heterocycles. The van der Waals surface area contributed by atoms with Gasteiger partial charge in [0.2, 0.25) is 5.91 Å². The fourth-order valence-electron chi connectivity index (χ4n) is 2.63. The van der Waals surface area contributed by atoms with E-state index in [1.807, 2.05) is 48.5 Å². The lowest BCUT2D eigenvalue weighted by Crippen LogP contribution is -2.30. The lowest BCUT2D eigenvalue weighted by atomic mass is 10.1. The minimum Gasteiger partial charge on any atom is -0.484 e. The van der Waals surface area contributed by atoms with E-state index in [9.17, 15) is 9.59 Å². The summed E-state index contributed by atoms with van der Waals surface area (Å²) >= 11 is 7.50. The third-order valence-corrected chi connectivity index (χ3v) is 5.65. The van der Waals surface area contributed by atoms with Crippen LogP contribution in [-0.2, 0) is 16.0 Å². The fraction of sp³-hybridized carbons (Fsp3) is 0.364. The highest BCUT2D eigenvalue weighted by atomic mass is 35.5. The Hall–Kier alpha value is -2.18. The molecule has 0 radical (unpaired) electrons. The number of amides is 2. The van der Waals surface area contributed by atoms with E-state index in [1.165, 1.54) is 0 Å². The molecule has 2 N–H and O–H groups in total. The first kappa shape index (κ1) is 21.5. The smallest absolute Gasteiger partial charge is 0.258 e. The van der Waals surface area contributed by atoms with Crippen LogP contribution >= 0.6 is 23.4 Å². The van der Waals surface area contributed by atoms with Crippen LogP contribution in [0.1, 0.15) is 24.8 Å². The lowest BCUT2D eigenvalue weighted by molar-refractivity contribution is -0.123. The predicted molar refractivity (Wildman–Crippen MR) is 117 cm³/mol. The Morgan fingerprint density at radius 2 is 1.76 bits per heavy atom. The number of carbonyl (C=O) groups is 2. The molecule has 154 valence electrons. The van der Waals surface area contributed by atoms with Crippen LogP contribution in [0.15, 0.2) is 53.4 Å². The van der Waals surface area contributed by atoms with Crippen molar-refractivity contribution >= 4 is 35.2 Å². The van der Waals surface area contributed by atoms with Gasteiger partial charge in [-0.2, -0.15) is 0 Å². The topological polar surface area (TPSA) is 67.4 Å². The Kier molecular flexibility index (Phi) is 8.25. The zero-order valence-corrected chi connectivity index (χ0v) is 17.7. The normalized spacial score (nSPS) is 13.0. The first-order chi connectivity index (χ1) is 14.1. The quantitative estimate of drug-likeness (QED) is 0.529. The molecule has 7 heteroatoms. The van der Waals surface area contributed by atoms with E-state index >= 15 is 0 Å². The third-order valence-electron chi connectivity index (χ3n) is 4.38. The number of benzene rings is 2. The summed E-state index contributed by atoms with van der Waals surface area (Å²) in [4.78, 5) is 24.7. The minimum atomic E-state index is -0.0754. The molecule has 2 aromatic rings. The summed E-state index contributed by atoms with van der Waals surface area (Å²) < 4.78 is 5.49. The highest BCUT2D eigenvalue weighted by molar-refractivity contribution is 7.99. The van der Waals surface area contributed by atoms with Gasteiger partial charge in [-0.15, -0.1) is 11.8 Å². The average molecular weight is 433 g/mol. The summed E-state index contributed by atoms with van der Waals surface area (Å²) in [7, 11) is 0. The molecule has 0 aromatic heterocycles. The predicted octanol–water partition coefficient (Wildman–Crippen LogP) is 3.84. The summed E-state index contributed by atoms with van der Waals surface area (Å²) in [5, 5.41) is 6.55. The van der Waals surface area contributed by atoms with E-state index in [4.69, 9.17) is 16.3 Å². The van der Waals surface area contributed by atoms with Crippen molar-refractivity contribution in [2.45, 2.75) is 36.6 Å². The van der Waals surface area contributed by atoms with Gasteiger partial charge >= 0.3 is 0 Å². The maximum atomic E-state index is 12.0. The Morgan fingerprint density at radius 3 is 2.45 bits per heavy atom. The number of thioether (sulfide) groups is 1. The van der Waals surface area contributed by atoms with Crippen molar-refractivity contribution in [1.82, 2.24) is 10.6 Å². The van der Waals surface area contributed by atoms with Crippen LogP contribution in [0.2, 0.25) is 5.02 Å². The molecule has 2 aromatic carbocycles. The van der Waals surface area contributed by atoms with Crippen molar-refractivity contribution in [2.24, 2.45) is 0 Å². The van der Waals surface area contributed by atoms with Crippen molar-refractivity contribution in [2.75, 3.05) is 18.9 Å². The van der Waals surface area contributed by atoms with Gasteiger partial charge in [0.25, 0.3) is 5.91 Å². The number of carbonyl (C=O) groups excluding carboxylic acids is 2. The monoisotopic (exact) mass is 432 g/mol. The molecule has 0 bridgehead atoms. The van der Waals surface area contributed by atoms with Gasteiger partial charge < -0.3 is 15.4 Å². The zero-order chi connectivity index (χ0) is 20.5. The molecule has 2 amide bonds. The summed E-state index contributed by atoms with van der Waals surface area (Å²) in [6.07, 6.45) is 3.36. The highest BCUT2D eigenvalue weighted by Crippen LogP contribution is 2.21. The summed E-state index contributed by atoms with van der Waals surface area (Å²) in [6.45, 7) is 0.633. The summed E-state index contributed by atoms with van der Waals surface area (Å²) in [5.41, 5.74) is 1.11. The molecule has 1 fully saturated rings. The van der Waals surface area contributed by atoms with Gasteiger partial charge in [0.15, 0.2) is 6.61 Å². The van der Waals surface area contributed by atoms with Crippen LogP contribution in [0.3, 0.4) is 0 Å². The molecule has 1 aliphatic rings. The van der Waals surface area contributed by atoms with Crippen LogP contribution in [0.5, 0.6) is 5.75 Å².